The summed E-state index contributed by atoms with van der Waals surface area (Å²) in [4.78, 5) is 24.9. The van der Waals surface area contributed by atoms with Crippen LogP contribution in [0.5, 0.6) is 23.0 Å². The van der Waals surface area contributed by atoms with E-state index in [4.69, 9.17) is 29.4 Å². The van der Waals surface area contributed by atoms with Gasteiger partial charge in [0.25, 0.3) is 0 Å². The van der Waals surface area contributed by atoms with E-state index < -0.39 is 5.91 Å². The van der Waals surface area contributed by atoms with Crippen LogP contribution in [0.25, 0.3) is 11.1 Å². The summed E-state index contributed by atoms with van der Waals surface area (Å²) in [5.41, 5.74) is 8.74. The van der Waals surface area contributed by atoms with Gasteiger partial charge in [0.2, 0.25) is 17.1 Å². The first kappa shape index (κ1) is 22.9. The minimum Gasteiger partial charge on any atom is -0.493 e. The molecule has 1 fully saturated rings. The summed E-state index contributed by atoms with van der Waals surface area (Å²) in [7, 11) is 4.69. The summed E-state index contributed by atoms with van der Waals surface area (Å²) in [6.07, 6.45) is 2.02. The van der Waals surface area contributed by atoms with Crippen molar-refractivity contribution in [2.45, 2.75) is 37.7 Å². The molecule has 2 aromatic rings. The number of rotatable bonds is 7. The second-order valence-electron chi connectivity index (χ2n) is 8.26. The molecule has 8 nitrogen and oxygen atoms in total. The molecule has 0 saturated carbocycles. The molecule has 0 aromatic heterocycles. The zero-order valence-electron chi connectivity index (χ0n) is 19.1. The zero-order chi connectivity index (χ0) is 23.5. The highest BCUT2D eigenvalue weighted by atomic mass is 16.5. The van der Waals surface area contributed by atoms with Gasteiger partial charge in [0, 0.05) is 18.4 Å². The third kappa shape index (κ3) is 4.48. The maximum atomic E-state index is 12.9. The quantitative estimate of drug-likeness (QED) is 0.684. The molecule has 1 saturated heterocycles. The Bertz CT molecular complexity index is 1110. The number of ether oxygens (including phenoxy) is 5. The molecule has 0 radical (unpaired) electrons. The minimum atomic E-state index is -0.403. The Hall–Kier alpha value is -3.26. The van der Waals surface area contributed by atoms with Crippen molar-refractivity contribution in [1.29, 1.82) is 0 Å². The molecule has 33 heavy (non-hydrogen) atoms. The lowest BCUT2D eigenvalue weighted by atomic mass is 9.90. The molecule has 2 N–H and O–H groups in total. The summed E-state index contributed by atoms with van der Waals surface area (Å²) >= 11 is 0. The van der Waals surface area contributed by atoms with Crippen molar-refractivity contribution in [3.8, 4) is 34.1 Å². The van der Waals surface area contributed by atoms with Crippen LogP contribution in [0.15, 0.2) is 29.1 Å². The zero-order valence-corrected chi connectivity index (χ0v) is 19.1. The molecule has 2 aromatic carbocycles. The first-order valence-electron chi connectivity index (χ1n) is 11.0. The molecular formula is C25H29NO7. The smallest absolute Gasteiger partial charge is 0.220 e. The number of hydrogen-bond acceptors (Lipinski definition) is 7. The normalized spacial score (nSPS) is 19.1. The van der Waals surface area contributed by atoms with Crippen LogP contribution in [-0.2, 0) is 16.0 Å². The van der Waals surface area contributed by atoms with Gasteiger partial charge in [0.1, 0.15) is 6.10 Å². The number of aryl methyl sites for hydroxylation is 1. The maximum absolute atomic E-state index is 12.9. The predicted octanol–water partition coefficient (Wildman–Crippen LogP) is 2.81. The summed E-state index contributed by atoms with van der Waals surface area (Å²) < 4.78 is 28.3. The van der Waals surface area contributed by atoms with Crippen molar-refractivity contribution in [3.05, 3.63) is 45.6 Å². The first-order valence-corrected chi connectivity index (χ1v) is 11.0. The van der Waals surface area contributed by atoms with Crippen LogP contribution in [-0.4, -0.2) is 46.6 Å². The lowest BCUT2D eigenvalue weighted by Crippen LogP contribution is -2.19. The SMILES string of the molecule is COc1cc2c(c(OC)c1OC)-c1ccc(=O)c(O[C@@H]3CCOC3)cc1[C@H](CC(N)=O)CC2. The molecular weight excluding hydrogens is 426 g/mol. The molecule has 4 rings (SSSR count). The number of carbonyl (C=O) groups excluding carboxylic acids is 1. The molecule has 1 heterocycles. The number of hydrogen-bond donors (Lipinski definition) is 1. The Morgan fingerprint density at radius 1 is 1.06 bits per heavy atom. The summed E-state index contributed by atoms with van der Waals surface area (Å²) in [6.45, 7) is 1.05. The predicted molar refractivity (Wildman–Crippen MR) is 123 cm³/mol. The second-order valence-corrected chi connectivity index (χ2v) is 8.26. The lowest BCUT2D eigenvalue weighted by Gasteiger charge is -2.19. The van der Waals surface area contributed by atoms with Gasteiger partial charge in [-0.2, -0.15) is 0 Å². The fraction of sp³-hybridized carbons (Fsp3) is 0.440. The van der Waals surface area contributed by atoms with Crippen molar-refractivity contribution >= 4 is 5.91 Å². The Morgan fingerprint density at radius 2 is 1.85 bits per heavy atom. The Kier molecular flexibility index (Phi) is 6.74. The highest BCUT2D eigenvalue weighted by molar-refractivity contribution is 5.83. The van der Waals surface area contributed by atoms with Crippen LogP contribution >= 0.6 is 0 Å². The number of amides is 1. The van der Waals surface area contributed by atoms with E-state index >= 15 is 0 Å². The molecule has 1 aliphatic heterocycles. The summed E-state index contributed by atoms with van der Waals surface area (Å²) in [5.74, 6) is 1.17. The van der Waals surface area contributed by atoms with Crippen molar-refractivity contribution in [2.24, 2.45) is 5.73 Å². The lowest BCUT2D eigenvalue weighted by molar-refractivity contribution is -0.118. The largest absolute Gasteiger partial charge is 0.493 e. The molecule has 0 unspecified atom stereocenters. The van der Waals surface area contributed by atoms with Gasteiger partial charge in [-0.1, -0.05) is 0 Å². The van der Waals surface area contributed by atoms with E-state index in [-0.39, 0.29) is 29.6 Å². The molecule has 0 bridgehead atoms. The van der Waals surface area contributed by atoms with Gasteiger partial charge in [-0.25, -0.2) is 0 Å². The van der Waals surface area contributed by atoms with Crippen LogP contribution in [0.4, 0.5) is 0 Å². The van der Waals surface area contributed by atoms with E-state index in [9.17, 15) is 9.59 Å². The highest BCUT2D eigenvalue weighted by Crippen LogP contribution is 2.51. The van der Waals surface area contributed by atoms with E-state index in [0.29, 0.717) is 43.3 Å². The summed E-state index contributed by atoms with van der Waals surface area (Å²) in [6, 6.07) is 6.94. The number of benzene rings is 1. The molecule has 0 spiro atoms. The molecule has 176 valence electrons. The number of methoxy groups -OCH3 is 3. The molecule has 2 atom stereocenters. The van der Waals surface area contributed by atoms with E-state index in [2.05, 4.69) is 0 Å². The number of fused-ring (bicyclic) bond motifs is 3. The maximum Gasteiger partial charge on any atom is 0.220 e. The van der Waals surface area contributed by atoms with Gasteiger partial charge in [-0.15, -0.1) is 0 Å². The number of carbonyl (C=O) groups is 1. The first-order chi connectivity index (χ1) is 16.0. The monoisotopic (exact) mass is 455 g/mol. The Labute approximate surface area is 192 Å². The van der Waals surface area contributed by atoms with Crippen LogP contribution < -0.4 is 30.1 Å². The Balaban J connectivity index is 1.97. The second kappa shape index (κ2) is 9.70. The van der Waals surface area contributed by atoms with Crippen LogP contribution in [0, 0.1) is 0 Å². The van der Waals surface area contributed by atoms with Crippen molar-refractivity contribution in [1.82, 2.24) is 0 Å². The van der Waals surface area contributed by atoms with Crippen molar-refractivity contribution in [2.75, 3.05) is 34.5 Å². The van der Waals surface area contributed by atoms with Gasteiger partial charge in [-0.05, 0) is 59.7 Å². The van der Waals surface area contributed by atoms with Crippen LogP contribution in [0.3, 0.4) is 0 Å². The Morgan fingerprint density at radius 3 is 2.48 bits per heavy atom. The van der Waals surface area contributed by atoms with E-state index in [1.165, 1.54) is 6.07 Å². The number of primary amides is 1. The average molecular weight is 456 g/mol. The minimum absolute atomic E-state index is 0.155. The topological polar surface area (TPSA) is 106 Å². The van der Waals surface area contributed by atoms with E-state index in [1.54, 1.807) is 33.5 Å². The van der Waals surface area contributed by atoms with E-state index in [0.717, 1.165) is 28.7 Å². The summed E-state index contributed by atoms with van der Waals surface area (Å²) in [5, 5.41) is 0. The molecule has 2 aliphatic rings. The van der Waals surface area contributed by atoms with Gasteiger partial charge in [0.15, 0.2) is 17.2 Å². The third-order valence-electron chi connectivity index (χ3n) is 6.25. The fourth-order valence-corrected chi connectivity index (χ4v) is 4.71. The van der Waals surface area contributed by atoms with Gasteiger partial charge < -0.3 is 29.4 Å². The van der Waals surface area contributed by atoms with Gasteiger partial charge >= 0.3 is 0 Å². The third-order valence-corrected chi connectivity index (χ3v) is 6.25. The standard InChI is InChI=1S/C25H29NO7/c1-29-21-10-15-5-4-14(11-22(26)28)18-12-20(33-16-8-9-32-13-16)19(27)7-6-17(18)23(15)25(31-3)24(21)30-2/h6-7,10,12,14,16H,4-5,8-9,11,13H2,1-3H3,(H2,26,28)/t14-,16+/m0/s1. The average Bonchev–Trinajstić information content (AvgIpc) is 3.21. The van der Waals surface area contributed by atoms with Crippen molar-refractivity contribution < 1.29 is 28.5 Å². The van der Waals surface area contributed by atoms with Crippen LogP contribution in [0.1, 0.15) is 36.3 Å². The van der Waals surface area contributed by atoms with Gasteiger partial charge in [0.05, 0.1) is 34.5 Å². The fourth-order valence-electron chi connectivity index (χ4n) is 4.71. The number of nitrogens with two attached hydrogens (primary N) is 1. The highest BCUT2D eigenvalue weighted by Gasteiger charge is 2.30. The van der Waals surface area contributed by atoms with Crippen LogP contribution in [0.2, 0.25) is 0 Å². The molecule has 8 heteroatoms. The van der Waals surface area contributed by atoms with Crippen molar-refractivity contribution in [3.63, 3.8) is 0 Å². The van der Waals surface area contributed by atoms with Gasteiger partial charge in [-0.3, -0.25) is 9.59 Å². The molecule has 1 aliphatic carbocycles. The van der Waals surface area contributed by atoms with E-state index in [1.807, 2.05) is 6.07 Å². The molecule has 1 amide bonds.